The molecule has 2 amide bonds. The Morgan fingerprint density at radius 3 is 1.07 bits per heavy atom. The van der Waals surface area contributed by atoms with Crippen molar-refractivity contribution in [2.45, 2.75) is 25.7 Å². The van der Waals surface area contributed by atoms with Gasteiger partial charge in [-0.3, -0.25) is 29.0 Å². The van der Waals surface area contributed by atoms with Crippen LogP contribution in [0.5, 0.6) is 34.5 Å². The molecule has 0 fully saturated rings. The highest BCUT2D eigenvalue weighted by Crippen LogP contribution is 2.39. The fourth-order valence-corrected chi connectivity index (χ4v) is 4.89. The van der Waals surface area contributed by atoms with Gasteiger partial charge in [-0.25, -0.2) is 0 Å². The normalized spacial score (nSPS) is 10.3. The number of benzene rings is 2. The van der Waals surface area contributed by atoms with Gasteiger partial charge in [-0.2, -0.15) is 0 Å². The quantitative estimate of drug-likeness (QED) is 0.246. The molecule has 0 bridgehead atoms. The van der Waals surface area contributed by atoms with Gasteiger partial charge in [0, 0.05) is 37.1 Å². The van der Waals surface area contributed by atoms with Crippen molar-refractivity contribution in [1.82, 2.24) is 9.80 Å². The second-order valence-corrected chi connectivity index (χ2v) is 10.1. The average molecular weight is 681 g/mol. The van der Waals surface area contributed by atoms with Crippen LogP contribution in [0.1, 0.15) is 46.4 Å². The van der Waals surface area contributed by atoms with E-state index >= 15 is 0 Å². The Balaban J connectivity index is 2.62. The molecular formula is C30H36N2O12S2. The number of carboxylic acid groups (broad SMARTS) is 2. The van der Waals surface area contributed by atoms with Gasteiger partial charge in [0.15, 0.2) is 23.0 Å². The van der Waals surface area contributed by atoms with Crippen LogP contribution in [0.3, 0.4) is 0 Å². The summed E-state index contributed by atoms with van der Waals surface area (Å²) in [5.41, 5.74) is 0.0895. The molecule has 16 heteroatoms. The zero-order chi connectivity index (χ0) is 34.6. The first kappa shape index (κ1) is 37.5. The highest BCUT2D eigenvalue weighted by molar-refractivity contribution is 7.89. The third-order valence-corrected chi connectivity index (χ3v) is 7.49. The van der Waals surface area contributed by atoms with E-state index in [2.05, 4.69) is 0 Å². The Kier molecular flexibility index (Phi) is 14.4. The lowest BCUT2D eigenvalue weighted by atomic mass is 10.1. The van der Waals surface area contributed by atoms with Gasteiger partial charge in [-0.1, -0.05) is 24.4 Å². The van der Waals surface area contributed by atoms with Gasteiger partial charge in [0.25, 0.3) is 11.8 Å². The summed E-state index contributed by atoms with van der Waals surface area (Å²) in [5.74, 6) is -2.40. The first-order valence-electron chi connectivity index (χ1n) is 13.6. The Hall–Kier alpha value is -4.70. The SMILES string of the molecule is COc1cc(C(=O)N(CCCC(=O)O)C(=S)C(=S)N(CCCC(=O)O)C(=O)c2cc(OC)c(OC)c(OC)c2)cc(OC)c1OC. The molecule has 0 heterocycles. The molecule has 0 saturated carbocycles. The number of aliphatic carboxylic acids is 2. The van der Waals surface area contributed by atoms with Gasteiger partial charge in [0.1, 0.15) is 9.98 Å². The van der Waals surface area contributed by atoms with Crippen molar-refractivity contribution < 1.29 is 57.8 Å². The lowest BCUT2D eigenvalue weighted by Crippen LogP contribution is -2.48. The van der Waals surface area contributed by atoms with Crippen molar-refractivity contribution in [3.8, 4) is 34.5 Å². The molecule has 0 aromatic heterocycles. The molecule has 0 aliphatic heterocycles. The molecule has 0 radical (unpaired) electrons. The molecule has 250 valence electrons. The van der Waals surface area contributed by atoms with Crippen LogP contribution < -0.4 is 28.4 Å². The molecule has 0 aliphatic carbocycles. The second kappa shape index (κ2) is 17.7. The summed E-state index contributed by atoms with van der Waals surface area (Å²) >= 11 is 11.3. The van der Waals surface area contributed by atoms with Crippen LogP contribution in [0.25, 0.3) is 0 Å². The number of amides is 2. The lowest BCUT2D eigenvalue weighted by Gasteiger charge is -2.30. The monoisotopic (exact) mass is 680 g/mol. The van der Waals surface area contributed by atoms with Gasteiger partial charge >= 0.3 is 11.9 Å². The van der Waals surface area contributed by atoms with Crippen molar-refractivity contribution in [1.29, 1.82) is 0 Å². The first-order valence-corrected chi connectivity index (χ1v) is 14.5. The minimum atomic E-state index is -1.10. The molecule has 2 aromatic rings. The van der Waals surface area contributed by atoms with E-state index in [1.54, 1.807) is 0 Å². The Labute approximate surface area is 276 Å². The standard InChI is InChI=1S/C30H36N2O12S2/c1-39-19-13-17(14-20(40-2)25(19)43-5)27(37)31(11-7-9-23(33)34)29(45)30(46)32(12-8-10-24(35)36)28(38)18-15-21(41-3)26(44-6)22(16-18)42-4/h13-16H,7-12H2,1-6H3,(H,33,34)(H,35,36). The maximum Gasteiger partial charge on any atom is 0.303 e. The molecule has 46 heavy (non-hydrogen) atoms. The topological polar surface area (TPSA) is 171 Å². The van der Waals surface area contributed by atoms with E-state index in [-0.39, 0.29) is 94.4 Å². The number of carboxylic acids is 2. The molecule has 0 atom stereocenters. The van der Waals surface area contributed by atoms with Crippen molar-refractivity contribution in [2.75, 3.05) is 55.7 Å². The molecule has 0 unspecified atom stereocenters. The van der Waals surface area contributed by atoms with Crippen LogP contribution in [-0.4, -0.2) is 109 Å². The van der Waals surface area contributed by atoms with Gasteiger partial charge < -0.3 is 38.6 Å². The summed E-state index contributed by atoms with van der Waals surface area (Å²) in [7, 11) is 8.30. The number of hydrogen-bond donors (Lipinski definition) is 2. The fraction of sp³-hybridized carbons (Fsp3) is 0.400. The Morgan fingerprint density at radius 1 is 0.565 bits per heavy atom. The van der Waals surface area contributed by atoms with Crippen LogP contribution in [0.15, 0.2) is 24.3 Å². The summed E-state index contributed by atoms with van der Waals surface area (Å²) in [6.45, 7) is -0.357. The van der Waals surface area contributed by atoms with Crippen molar-refractivity contribution >= 4 is 58.2 Å². The predicted octanol–water partition coefficient (Wildman–Crippen LogP) is 3.71. The van der Waals surface area contributed by atoms with E-state index in [4.69, 9.17) is 52.9 Å². The van der Waals surface area contributed by atoms with Gasteiger partial charge in [-0.15, -0.1) is 0 Å². The maximum atomic E-state index is 14.0. The number of carbonyl (C=O) groups is 4. The summed E-state index contributed by atoms with van der Waals surface area (Å²) < 4.78 is 32.1. The molecule has 0 spiro atoms. The summed E-state index contributed by atoms with van der Waals surface area (Å²) in [5, 5.41) is 18.5. The number of hydrogen-bond acceptors (Lipinski definition) is 12. The van der Waals surface area contributed by atoms with Crippen LogP contribution >= 0.6 is 24.4 Å². The number of carbonyl (C=O) groups excluding carboxylic acids is 2. The van der Waals surface area contributed by atoms with E-state index in [9.17, 15) is 29.4 Å². The van der Waals surface area contributed by atoms with Crippen LogP contribution in [0.2, 0.25) is 0 Å². The van der Waals surface area contributed by atoms with Gasteiger partial charge in [0.2, 0.25) is 11.5 Å². The van der Waals surface area contributed by atoms with Gasteiger partial charge in [-0.05, 0) is 37.1 Å². The van der Waals surface area contributed by atoms with E-state index in [0.717, 1.165) is 9.80 Å². The second-order valence-electron chi connectivity index (χ2n) is 9.35. The number of rotatable bonds is 16. The number of nitrogens with zero attached hydrogens (tertiary/aromatic N) is 2. The van der Waals surface area contributed by atoms with E-state index in [1.165, 1.54) is 66.9 Å². The molecule has 2 N–H and O–H groups in total. The minimum Gasteiger partial charge on any atom is -0.493 e. The van der Waals surface area contributed by atoms with Crippen molar-refractivity contribution in [2.24, 2.45) is 0 Å². The Morgan fingerprint density at radius 2 is 0.848 bits per heavy atom. The number of methoxy groups -OCH3 is 6. The summed E-state index contributed by atoms with van der Waals surface area (Å²) in [6, 6.07) is 5.58. The Bertz CT molecular complexity index is 1320. The smallest absolute Gasteiger partial charge is 0.303 e. The average Bonchev–Trinajstić information content (AvgIpc) is 3.05. The molecule has 0 saturated heterocycles. The third-order valence-electron chi connectivity index (χ3n) is 6.53. The first-order chi connectivity index (χ1) is 21.9. The van der Waals surface area contributed by atoms with Crippen molar-refractivity contribution in [3.05, 3.63) is 35.4 Å². The van der Waals surface area contributed by atoms with E-state index < -0.39 is 23.8 Å². The number of ether oxygens (including phenoxy) is 6. The fourth-order valence-electron chi connectivity index (χ4n) is 4.32. The largest absolute Gasteiger partial charge is 0.493 e. The zero-order valence-electron chi connectivity index (χ0n) is 26.2. The lowest BCUT2D eigenvalue weighted by molar-refractivity contribution is -0.138. The predicted molar refractivity (Wildman–Crippen MR) is 173 cm³/mol. The highest BCUT2D eigenvalue weighted by atomic mass is 32.1. The molecule has 14 nitrogen and oxygen atoms in total. The van der Waals surface area contributed by atoms with Crippen LogP contribution in [-0.2, 0) is 9.59 Å². The van der Waals surface area contributed by atoms with E-state index in [1.807, 2.05) is 0 Å². The van der Waals surface area contributed by atoms with Crippen molar-refractivity contribution in [3.63, 3.8) is 0 Å². The molecule has 2 rings (SSSR count). The summed E-state index contributed by atoms with van der Waals surface area (Å²) in [6.07, 6.45) is -0.593. The summed E-state index contributed by atoms with van der Waals surface area (Å²) in [4.78, 5) is 52.1. The van der Waals surface area contributed by atoms with E-state index in [0.29, 0.717) is 0 Å². The minimum absolute atomic E-state index is 0.00586. The molecule has 0 aliphatic rings. The zero-order valence-corrected chi connectivity index (χ0v) is 27.9. The molecular weight excluding hydrogens is 644 g/mol. The highest BCUT2D eigenvalue weighted by Gasteiger charge is 2.31. The third kappa shape index (κ3) is 9.17. The van der Waals surface area contributed by atoms with Crippen LogP contribution in [0, 0.1) is 0 Å². The number of thiocarbonyl (C=S) groups is 2. The molecule has 2 aromatic carbocycles. The van der Waals surface area contributed by atoms with Crippen LogP contribution in [0.4, 0.5) is 0 Å². The maximum absolute atomic E-state index is 14.0. The van der Waals surface area contributed by atoms with Gasteiger partial charge in [0.05, 0.1) is 42.7 Å².